The Bertz CT molecular complexity index is 585. The van der Waals surface area contributed by atoms with Crippen LogP contribution < -0.4 is 5.32 Å². The quantitative estimate of drug-likeness (QED) is 0.0946. The molecule has 2 N–H and O–H groups in total. The van der Waals surface area contributed by atoms with Crippen LogP contribution in [0.5, 0.6) is 0 Å². The van der Waals surface area contributed by atoms with Crippen LogP contribution in [0.1, 0.15) is 123 Å². The molecule has 1 unspecified atom stereocenters. The van der Waals surface area contributed by atoms with Crippen molar-refractivity contribution >= 4 is 17.8 Å². The second kappa shape index (κ2) is 24.0. The van der Waals surface area contributed by atoms with Gasteiger partial charge in [0.15, 0.2) is 0 Å². The summed E-state index contributed by atoms with van der Waals surface area (Å²) in [5.41, 5.74) is 0. The molecule has 0 fully saturated rings. The summed E-state index contributed by atoms with van der Waals surface area (Å²) in [6, 6.07) is 0. The fourth-order valence-corrected chi connectivity index (χ4v) is 3.66. The van der Waals surface area contributed by atoms with Gasteiger partial charge in [0.25, 0.3) is 0 Å². The Balaban J connectivity index is 3.75. The first-order valence-electron chi connectivity index (χ1n) is 13.5. The molecule has 0 heterocycles. The van der Waals surface area contributed by atoms with Gasteiger partial charge in [0.1, 0.15) is 12.6 Å². The van der Waals surface area contributed by atoms with E-state index in [4.69, 9.17) is 9.84 Å². The van der Waals surface area contributed by atoms with Crippen molar-refractivity contribution in [2.24, 2.45) is 0 Å². The number of hydrogen-bond acceptors (Lipinski definition) is 4. The van der Waals surface area contributed by atoms with E-state index in [1.54, 1.807) is 0 Å². The minimum absolute atomic E-state index is 0.0399. The van der Waals surface area contributed by atoms with E-state index in [1.807, 2.05) is 0 Å². The van der Waals surface area contributed by atoms with Crippen LogP contribution in [-0.4, -0.2) is 35.6 Å². The first kappa shape index (κ1) is 31.9. The predicted molar refractivity (Wildman–Crippen MR) is 139 cm³/mol. The number of aliphatic carboxylic acids is 1. The topological polar surface area (TPSA) is 92.7 Å². The molecular weight excluding hydrogens is 430 g/mol. The molecule has 0 radical (unpaired) electrons. The molecule has 0 aromatic carbocycles. The minimum Gasteiger partial charge on any atom is -0.480 e. The highest BCUT2D eigenvalue weighted by Crippen LogP contribution is 2.15. The maximum atomic E-state index is 12.2. The van der Waals surface area contributed by atoms with Crippen molar-refractivity contribution in [1.29, 1.82) is 0 Å². The van der Waals surface area contributed by atoms with Gasteiger partial charge in [-0.15, -0.1) is 0 Å². The van der Waals surface area contributed by atoms with Gasteiger partial charge < -0.3 is 15.2 Å². The number of carbonyl (C=O) groups excluding carboxylic acids is 2. The van der Waals surface area contributed by atoms with Gasteiger partial charge in [-0.1, -0.05) is 76.7 Å². The number of carboxylic acid groups (broad SMARTS) is 1. The zero-order valence-corrected chi connectivity index (χ0v) is 21.7. The number of ether oxygens (including phenoxy) is 1. The molecule has 0 aliphatic carbocycles. The van der Waals surface area contributed by atoms with E-state index in [1.165, 1.54) is 25.7 Å². The third-order valence-electron chi connectivity index (χ3n) is 5.59. The lowest BCUT2D eigenvalue weighted by Gasteiger charge is -2.17. The second-order valence-electron chi connectivity index (χ2n) is 8.94. The van der Waals surface area contributed by atoms with Crippen molar-refractivity contribution in [2.45, 2.75) is 129 Å². The van der Waals surface area contributed by atoms with Crippen LogP contribution >= 0.6 is 0 Å². The maximum absolute atomic E-state index is 12.2. The summed E-state index contributed by atoms with van der Waals surface area (Å²) in [6.45, 7) is 3.95. The summed E-state index contributed by atoms with van der Waals surface area (Å²) in [7, 11) is 0. The molecule has 1 atom stereocenters. The van der Waals surface area contributed by atoms with E-state index in [-0.39, 0.29) is 24.5 Å². The number of nitrogens with one attached hydrogen (secondary N) is 1. The van der Waals surface area contributed by atoms with Gasteiger partial charge in [-0.25, -0.2) is 0 Å². The molecule has 0 aliphatic heterocycles. The van der Waals surface area contributed by atoms with Gasteiger partial charge in [-0.3, -0.25) is 14.4 Å². The Morgan fingerprint density at radius 1 is 0.765 bits per heavy atom. The maximum Gasteiger partial charge on any atom is 0.322 e. The number of esters is 1. The Hall–Kier alpha value is -2.11. The smallest absolute Gasteiger partial charge is 0.322 e. The summed E-state index contributed by atoms with van der Waals surface area (Å²) >= 11 is 0. The molecule has 0 saturated heterocycles. The molecule has 0 rings (SSSR count). The van der Waals surface area contributed by atoms with Crippen molar-refractivity contribution in [3.8, 4) is 0 Å². The lowest BCUT2D eigenvalue weighted by molar-refractivity contribution is -0.150. The molecule has 0 bridgehead atoms. The minimum atomic E-state index is -1.04. The largest absolute Gasteiger partial charge is 0.480 e. The predicted octanol–water partition coefficient (Wildman–Crippen LogP) is 6.88. The van der Waals surface area contributed by atoms with Crippen molar-refractivity contribution in [1.82, 2.24) is 5.32 Å². The number of unbranched alkanes of at least 4 members (excludes halogenated alkanes) is 8. The number of hydrogen-bond donors (Lipinski definition) is 2. The number of carbonyl (C=O) groups is 3. The Kier molecular flexibility index (Phi) is 22.5. The van der Waals surface area contributed by atoms with Gasteiger partial charge in [0.2, 0.25) is 5.91 Å². The van der Waals surface area contributed by atoms with Gasteiger partial charge >= 0.3 is 11.9 Å². The number of rotatable bonds is 23. The molecule has 6 heteroatoms. The van der Waals surface area contributed by atoms with Gasteiger partial charge in [-0.2, -0.15) is 0 Å². The van der Waals surface area contributed by atoms with Crippen LogP contribution in [0, 0.1) is 0 Å². The normalized spacial score (nSPS) is 12.3. The standard InChI is InChI=1S/C28H49NO5/c1-3-5-6-7-8-9-10-11-12-13-14-15-19-23-28(33)34-25(20-4-2)21-17-16-18-22-26(30)29-24-27(31)32/h6-7,9-10,25H,3-5,8,11-24H2,1-2H3,(H,29,30)(H,31,32)/b7-6-,10-9-. The molecule has 6 nitrogen and oxygen atoms in total. The van der Waals surface area contributed by atoms with E-state index in [0.717, 1.165) is 64.2 Å². The highest BCUT2D eigenvalue weighted by Gasteiger charge is 2.13. The summed E-state index contributed by atoms with van der Waals surface area (Å²) < 4.78 is 5.69. The third-order valence-corrected chi connectivity index (χ3v) is 5.59. The van der Waals surface area contributed by atoms with Crippen molar-refractivity contribution in [2.75, 3.05) is 6.54 Å². The first-order chi connectivity index (χ1) is 16.5. The van der Waals surface area contributed by atoms with E-state index in [2.05, 4.69) is 43.5 Å². The fourth-order valence-electron chi connectivity index (χ4n) is 3.66. The molecule has 0 aliphatic rings. The van der Waals surface area contributed by atoms with Gasteiger partial charge in [0.05, 0.1) is 0 Å². The molecular formula is C28H49NO5. The monoisotopic (exact) mass is 479 g/mol. The first-order valence-corrected chi connectivity index (χ1v) is 13.5. The lowest BCUT2D eigenvalue weighted by atomic mass is 10.1. The number of allylic oxidation sites excluding steroid dienone is 4. The van der Waals surface area contributed by atoms with E-state index < -0.39 is 5.97 Å². The molecule has 1 amide bonds. The van der Waals surface area contributed by atoms with E-state index >= 15 is 0 Å². The summed E-state index contributed by atoms with van der Waals surface area (Å²) in [4.78, 5) is 34.1. The number of amides is 1. The van der Waals surface area contributed by atoms with Crippen LogP contribution in [0.4, 0.5) is 0 Å². The zero-order chi connectivity index (χ0) is 25.3. The van der Waals surface area contributed by atoms with Crippen molar-refractivity contribution < 1.29 is 24.2 Å². The van der Waals surface area contributed by atoms with Gasteiger partial charge in [-0.05, 0) is 57.8 Å². The van der Waals surface area contributed by atoms with Crippen molar-refractivity contribution in [3.05, 3.63) is 24.3 Å². The Morgan fingerprint density at radius 2 is 1.41 bits per heavy atom. The summed E-state index contributed by atoms with van der Waals surface area (Å²) in [5, 5.41) is 10.9. The average molecular weight is 480 g/mol. The Morgan fingerprint density at radius 3 is 2.12 bits per heavy atom. The summed E-state index contributed by atoms with van der Waals surface area (Å²) in [5.74, 6) is -1.36. The Labute approximate surface area is 207 Å². The number of carboxylic acids is 1. The molecule has 196 valence electrons. The van der Waals surface area contributed by atoms with Crippen molar-refractivity contribution in [3.63, 3.8) is 0 Å². The van der Waals surface area contributed by atoms with Crippen LogP contribution in [0.2, 0.25) is 0 Å². The van der Waals surface area contributed by atoms with Crippen LogP contribution in [-0.2, 0) is 19.1 Å². The highest BCUT2D eigenvalue weighted by molar-refractivity contribution is 5.80. The van der Waals surface area contributed by atoms with Crippen LogP contribution in [0.15, 0.2) is 24.3 Å². The third kappa shape index (κ3) is 23.1. The highest BCUT2D eigenvalue weighted by atomic mass is 16.5. The SMILES string of the molecule is CCC/C=C\C/C=C\CCCCCCCC(=O)OC(CCC)CCCCCC(=O)NCC(=O)O. The van der Waals surface area contributed by atoms with E-state index in [0.29, 0.717) is 19.3 Å². The van der Waals surface area contributed by atoms with E-state index in [9.17, 15) is 14.4 Å². The molecule has 0 aromatic heterocycles. The van der Waals surface area contributed by atoms with Crippen LogP contribution in [0.25, 0.3) is 0 Å². The molecule has 0 saturated carbocycles. The average Bonchev–Trinajstić information content (AvgIpc) is 2.80. The molecule has 0 aromatic rings. The zero-order valence-electron chi connectivity index (χ0n) is 21.7. The lowest BCUT2D eigenvalue weighted by Crippen LogP contribution is -2.28. The molecule has 34 heavy (non-hydrogen) atoms. The second-order valence-corrected chi connectivity index (χ2v) is 8.94. The van der Waals surface area contributed by atoms with Gasteiger partial charge in [0, 0.05) is 12.8 Å². The fraction of sp³-hybridized carbons (Fsp3) is 0.750. The molecule has 0 spiro atoms. The summed E-state index contributed by atoms with van der Waals surface area (Å²) in [6.07, 6.45) is 25.0. The van der Waals surface area contributed by atoms with Crippen LogP contribution in [0.3, 0.4) is 0 Å².